The molecule has 11 heteroatoms. The molecular weight excluding hydrogens is 388 g/mol. The molecule has 152 valence electrons. The molecule has 1 aliphatic rings. The highest BCUT2D eigenvalue weighted by Gasteiger charge is 2.40. The SMILES string of the molecule is N=C(N)c1ccc(NC(=O)C(O)C2OCCN(c3ccc(F)nc3F)C2=O)cc1. The number of hydrogen-bond donors (Lipinski definition) is 4. The van der Waals surface area contributed by atoms with Gasteiger partial charge in [-0.25, -0.2) is 0 Å². The summed E-state index contributed by atoms with van der Waals surface area (Å²) in [4.78, 5) is 28.9. The predicted molar refractivity (Wildman–Crippen MR) is 98.3 cm³/mol. The van der Waals surface area contributed by atoms with Gasteiger partial charge >= 0.3 is 0 Å². The van der Waals surface area contributed by atoms with Gasteiger partial charge in [0.2, 0.25) is 11.9 Å². The summed E-state index contributed by atoms with van der Waals surface area (Å²) in [5, 5.41) is 20.0. The summed E-state index contributed by atoms with van der Waals surface area (Å²) >= 11 is 0. The van der Waals surface area contributed by atoms with Crippen molar-refractivity contribution >= 4 is 29.0 Å². The number of amidine groups is 1. The van der Waals surface area contributed by atoms with Crippen molar-refractivity contribution in [3.8, 4) is 0 Å². The molecule has 5 N–H and O–H groups in total. The van der Waals surface area contributed by atoms with Crippen LogP contribution in [0.2, 0.25) is 0 Å². The van der Waals surface area contributed by atoms with Crippen LogP contribution in [0.15, 0.2) is 36.4 Å². The van der Waals surface area contributed by atoms with Crippen LogP contribution in [0.25, 0.3) is 0 Å². The number of aliphatic hydroxyl groups excluding tert-OH is 1. The Bertz CT molecular complexity index is 954. The average Bonchev–Trinajstić information content (AvgIpc) is 2.68. The molecule has 1 aromatic heterocycles. The van der Waals surface area contributed by atoms with Crippen LogP contribution >= 0.6 is 0 Å². The highest BCUT2D eigenvalue weighted by Crippen LogP contribution is 2.23. The number of rotatable bonds is 5. The Hall–Kier alpha value is -3.44. The third kappa shape index (κ3) is 4.36. The van der Waals surface area contributed by atoms with Gasteiger partial charge in [-0.1, -0.05) is 0 Å². The van der Waals surface area contributed by atoms with E-state index in [0.717, 1.165) is 17.0 Å². The van der Waals surface area contributed by atoms with Crippen molar-refractivity contribution in [3.05, 3.63) is 53.9 Å². The maximum absolute atomic E-state index is 13.9. The van der Waals surface area contributed by atoms with Crippen molar-refractivity contribution in [3.63, 3.8) is 0 Å². The Labute approximate surface area is 163 Å². The topological polar surface area (TPSA) is 142 Å². The molecule has 9 nitrogen and oxygen atoms in total. The lowest BCUT2D eigenvalue weighted by atomic mass is 10.1. The molecule has 3 rings (SSSR count). The fraction of sp³-hybridized carbons (Fsp3) is 0.222. The molecule has 1 fully saturated rings. The number of morpholine rings is 1. The number of aliphatic hydroxyl groups is 1. The predicted octanol–water partition coefficient (Wildman–Crippen LogP) is 0.375. The van der Waals surface area contributed by atoms with Gasteiger partial charge in [0.05, 0.1) is 12.3 Å². The van der Waals surface area contributed by atoms with E-state index in [1.54, 1.807) is 0 Å². The normalized spacial score (nSPS) is 17.7. The fourth-order valence-electron chi connectivity index (χ4n) is 2.76. The van der Waals surface area contributed by atoms with Gasteiger partial charge in [-0.3, -0.25) is 15.0 Å². The maximum Gasteiger partial charge on any atom is 0.259 e. The molecule has 2 atom stereocenters. The van der Waals surface area contributed by atoms with E-state index in [1.165, 1.54) is 24.3 Å². The van der Waals surface area contributed by atoms with Gasteiger partial charge in [0.1, 0.15) is 5.84 Å². The van der Waals surface area contributed by atoms with Crippen LogP contribution in [0.4, 0.5) is 20.2 Å². The zero-order chi connectivity index (χ0) is 21.1. The van der Waals surface area contributed by atoms with E-state index in [1.807, 2.05) is 0 Å². The Morgan fingerprint density at radius 3 is 2.62 bits per heavy atom. The number of nitrogen functional groups attached to an aromatic ring is 1. The second kappa shape index (κ2) is 8.29. The van der Waals surface area contributed by atoms with Gasteiger partial charge in [0, 0.05) is 17.8 Å². The Kier molecular flexibility index (Phi) is 5.80. The Balaban J connectivity index is 1.72. The first-order chi connectivity index (χ1) is 13.8. The quantitative estimate of drug-likeness (QED) is 0.322. The van der Waals surface area contributed by atoms with E-state index in [4.69, 9.17) is 15.9 Å². The number of nitrogens with zero attached hydrogens (tertiary/aromatic N) is 2. The Morgan fingerprint density at radius 2 is 2.00 bits per heavy atom. The lowest BCUT2D eigenvalue weighted by Gasteiger charge is -2.33. The molecule has 2 heterocycles. The molecule has 0 aliphatic carbocycles. The van der Waals surface area contributed by atoms with Gasteiger partial charge in [-0.15, -0.1) is 0 Å². The second-order valence-electron chi connectivity index (χ2n) is 6.15. The molecule has 1 aliphatic heterocycles. The molecule has 1 saturated heterocycles. The number of hydrogen-bond acceptors (Lipinski definition) is 6. The van der Waals surface area contributed by atoms with Crippen LogP contribution in [-0.4, -0.2) is 53.1 Å². The van der Waals surface area contributed by atoms with Crippen molar-refractivity contribution in [2.45, 2.75) is 12.2 Å². The first kappa shape index (κ1) is 20.3. The molecule has 2 unspecified atom stereocenters. The second-order valence-corrected chi connectivity index (χ2v) is 6.15. The van der Waals surface area contributed by atoms with Crippen LogP contribution in [-0.2, 0) is 14.3 Å². The van der Waals surface area contributed by atoms with Crippen LogP contribution < -0.4 is 16.0 Å². The summed E-state index contributed by atoms with van der Waals surface area (Å²) < 4.78 is 32.1. The number of amides is 2. The molecule has 1 aromatic carbocycles. The fourth-order valence-corrected chi connectivity index (χ4v) is 2.76. The van der Waals surface area contributed by atoms with Crippen molar-refractivity contribution in [1.29, 1.82) is 5.41 Å². The minimum atomic E-state index is -1.88. The summed E-state index contributed by atoms with van der Waals surface area (Å²) in [5.41, 5.74) is 5.81. The van der Waals surface area contributed by atoms with Crippen LogP contribution in [0.3, 0.4) is 0 Å². The lowest BCUT2D eigenvalue weighted by Crippen LogP contribution is -2.55. The zero-order valence-corrected chi connectivity index (χ0v) is 14.9. The van der Waals surface area contributed by atoms with Gasteiger partial charge in [-0.05, 0) is 36.4 Å². The first-order valence-corrected chi connectivity index (χ1v) is 8.46. The summed E-state index contributed by atoms with van der Waals surface area (Å²) in [5.74, 6) is -4.16. The molecular formula is C18H17F2N5O4. The van der Waals surface area contributed by atoms with Gasteiger partial charge < -0.3 is 25.8 Å². The third-order valence-electron chi connectivity index (χ3n) is 4.23. The molecule has 0 saturated carbocycles. The number of anilines is 2. The molecule has 29 heavy (non-hydrogen) atoms. The molecule has 0 bridgehead atoms. The van der Waals surface area contributed by atoms with Crippen molar-refractivity contribution in [2.75, 3.05) is 23.4 Å². The molecule has 0 spiro atoms. The zero-order valence-electron chi connectivity index (χ0n) is 14.9. The minimum Gasteiger partial charge on any atom is -0.384 e. The van der Waals surface area contributed by atoms with E-state index in [-0.39, 0.29) is 24.7 Å². The maximum atomic E-state index is 13.9. The van der Waals surface area contributed by atoms with Crippen molar-refractivity contribution in [2.24, 2.45) is 5.73 Å². The standard InChI is InChI=1S/C18H17F2N5O4/c19-12-6-5-11(15(20)24-12)25-7-8-29-14(18(25)28)13(26)17(27)23-10-3-1-9(2-4-10)16(21)22/h1-6,13-14,26H,7-8H2,(H3,21,22)(H,23,27). The van der Waals surface area contributed by atoms with Gasteiger partial charge in [0.15, 0.2) is 12.2 Å². The molecule has 2 aromatic rings. The van der Waals surface area contributed by atoms with E-state index >= 15 is 0 Å². The van der Waals surface area contributed by atoms with Crippen LogP contribution in [0, 0.1) is 17.3 Å². The molecule has 0 radical (unpaired) electrons. The summed E-state index contributed by atoms with van der Waals surface area (Å²) in [7, 11) is 0. The number of benzene rings is 1. The number of nitrogens with two attached hydrogens (primary N) is 1. The minimum absolute atomic E-state index is 0.0551. The number of ether oxygens (including phenoxy) is 1. The van der Waals surface area contributed by atoms with Crippen molar-refractivity contribution < 1.29 is 28.2 Å². The van der Waals surface area contributed by atoms with E-state index in [2.05, 4.69) is 10.3 Å². The highest BCUT2D eigenvalue weighted by atomic mass is 19.1. The number of halogens is 2. The largest absolute Gasteiger partial charge is 0.384 e. The van der Waals surface area contributed by atoms with Crippen LogP contribution in [0.5, 0.6) is 0 Å². The summed E-state index contributed by atoms with van der Waals surface area (Å²) in [6.07, 6.45) is -3.46. The highest BCUT2D eigenvalue weighted by molar-refractivity contribution is 6.04. The monoisotopic (exact) mass is 405 g/mol. The van der Waals surface area contributed by atoms with E-state index in [0.29, 0.717) is 11.3 Å². The smallest absolute Gasteiger partial charge is 0.259 e. The number of aromatic nitrogens is 1. The average molecular weight is 405 g/mol. The Morgan fingerprint density at radius 1 is 1.31 bits per heavy atom. The van der Waals surface area contributed by atoms with Gasteiger partial charge in [0.25, 0.3) is 11.8 Å². The number of carbonyl (C=O) groups excluding carboxylic acids is 2. The van der Waals surface area contributed by atoms with Crippen molar-refractivity contribution in [1.82, 2.24) is 4.98 Å². The summed E-state index contributed by atoms with van der Waals surface area (Å²) in [6.45, 7) is -0.134. The van der Waals surface area contributed by atoms with E-state index in [9.17, 15) is 23.5 Å². The number of carbonyl (C=O) groups is 2. The number of pyridine rings is 1. The van der Waals surface area contributed by atoms with Crippen LogP contribution in [0.1, 0.15) is 5.56 Å². The van der Waals surface area contributed by atoms with E-state index < -0.39 is 35.9 Å². The molecule has 2 amide bonds. The summed E-state index contributed by atoms with van der Waals surface area (Å²) in [6, 6.07) is 7.87. The third-order valence-corrected chi connectivity index (χ3v) is 4.23. The number of nitrogens with one attached hydrogen (secondary N) is 2. The lowest BCUT2D eigenvalue weighted by molar-refractivity contribution is -0.150. The van der Waals surface area contributed by atoms with Gasteiger partial charge in [-0.2, -0.15) is 13.8 Å². The first-order valence-electron chi connectivity index (χ1n) is 8.46.